The molecule has 2 amide bonds. The Balaban J connectivity index is 1.94. The molecule has 118 valence electrons. The molecule has 1 atom stereocenters. The summed E-state index contributed by atoms with van der Waals surface area (Å²) in [5.41, 5.74) is 2.20. The first-order chi connectivity index (χ1) is 11.6. The largest absolute Gasteiger partial charge is 0.331 e. The minimum absolute atomic E-state index is 0.362. The van der Waals surface area contributed by atoms with Gasteiger partial charge in [-0.05, 0) is 34.7 Å². The second kappa shape index (κ2) is 5.65. The number of carbonyl (C=O) groups is 2. The van der Waals surface area contributed by atoms with Gasteiger partial charge in [-0.3, -0.25) is 14.9 Å². The lowest BCUT2D eigenvalue weighted by molar-refractivity contribution is -0.129. The standard InChI is InChI=1S/C19H13ClN2O2/c20-15-7-3-2-6-13(15)14-11-17(23)21-19(24)18(14)22-10-9-12-5-1-4-8-16(12)22/h1-11,18H,(H,21,23,24). The number of hydrogen-bond acceptors (Lipinski definition) is 2. The summed E-state index contributed by atoms with van der Waals surface area (Å²) in [6.45, 7) is 0. The molecular weight excluding hydrogens is 324 g/mol. The molecule has 2 aromatic carbocycles. The van der Waals surface area contributed by atoms with Crippen LogP contribution in [0.3, 0.4) is 0 Å². The van der Waals surface area contributed by atoms with Crippen LogP contribution in [0.2, 0.25) is 5.02 Å². The molecule has 0 fully saturated rings. The maximum absolute atomic E-state index is 12.6. The topological polar surface area (TPSA) is 51.1 Å². The van der Waals surface area contributed by atoms with Gasteiger partial charge in [0.05, 0.1) is 0 Å². The lowest BCUT2D eigenvalue weighted by Gasteiger charge is -2.26. The highest BCUT2D eigenvalue weighted by Gasteiger charge is 2.32. The molecule has 0 aliphatic carbocycles. The van der Waals surface area contributed by atoms with Crippen molar-refractivity contribution in [2.45, 2.75) is 6.04 Å². The molecule has 1 aromatic heterocycles. The van der Waals surface area contributed by atoms with E-state index in [0.717, 1.165) is 10.9 Å². The summed E-state index contributed by atoms with van der Waals surface area (Å²) in [6, 6.07) is 16.3. The van der Waals surface area contributed by atoms with Gasteiger partial charge in [-0.1, -0.05) is 48.0 Å². The molecule has 1 aliphatic rings. The van der Waals surface area contributed by atoms with Crippen LogP contribution in [0.25, 0.3) is 16.5 Å². The van der Waals surface area contributed by atoms with Crippen molar-refractivity contribution in [2.24, 2.45) is 0 Å². The fourth-order valence-electron chi connectivity index (χ4n) is 3.11. The molecule has 1 N–H and O–H groups in total. The molecule has 0 spiro atoms. The molecule has 0 radical (unpaired) electrons. The van der Waals surface area contributed by atoms with E-state index in [1.807, 2.05) is 59.3 Å². The summed E-state index contributed by atoms with van der Waals surface area (Å²) in [5, 5.41) is 3.92. The van der Waals surface area contributed by atoms with Crippen molar-refractivity contribution in [1.82, 2.24) is 9.88 Å². The van der Waals surface area contributed by atoms with E-state index in [0.29, 0.717) is 16.2 Å². The van der Waals surface area contributed by atoms with Gasteiger partial charge in [-0.15, -0.1) is 0 Å². The van der Waals surface area contributed by atoms with Crippen LogP contribution >= 0.6 is 11.6 Å². The average Bonchev–Trinajstić information content (AvgIpc) is 2.98. The smallest absolute Gasteiger partial charge is 0.254 e. The van der Waals surface area contributed by atoms with E-state index < -0.39 is 11.9 Å². The Hall–Kier alpha value is -2.85. The number of imide groups is 1. The Morgan fingerprint density at radius 2 is 1.71 bits per heavy atom. The van der Waals surface area contributed by atoms with Crippen molar-refractivity contribution >= 4 is 39.9 Å². The van der Waals surface area contributed by atoms with Gasteiger partial charge in [0, 0.05) is 22.8 Å². The molecular formula is C19H13ClN2O2. The van der Waals surface area contributed by atoms with Crippen LogP contribution in [0.5, 0.6) is 0 Å². The number of rotatable bonds is 2. The Morgan fingerprint density at radius 1 is 0.958 bits per heavy atom. The van der Waals surface area contributed by atoms with E-state index in [1.165, 1.54) is 6.08 Å². The first kappa shape index (κ1) is 14.7. The van der Waals surface area contributed by atoms with Crippen LogP contribution in [-0.2, 0) is 9.59 Å². The number of halogens is 1. The fraction of sp³-hybridized carbons (Fsp3) is 0.0526. The number of benzene rings is 2. The maximum atomic E-state index is 12.6. The Labute approximate surface area is 143 Å². The zero-order valence-corrected chi connectivity index (χ0v) is 13.3. The number of carbonyl (C=O) groups excluding carboxylic acids is 2. The Bertz CT molecular complexity index is 1000. The van der Waals surface area contributed by atoms with Gasteiger partial charge in [-0.2, -0.15) is 0 Å². The number of fused-ring (bicyclic) bond motifs is 1. The van der Waals surface area contributed by atoms with Crippen molar-refractivity contribution in [3.05, 3.63) is 77.5 Å². The van der Waals surface area contributed by atoms with Crippen LogP contribution in [0, 0.1) is 0 Å². The van der Waals surface area contributed by atoms with E-state index in [1.54, 1.807) is 6.07 Å². The zero-order chi connectivity index (χ0) is 16.7. The Morgan fingerprint density at radius 3 is 2.54 bits per heavy atom. The van der Waals surface area contributed by atoms with Gasteiger partial charge in [0.15, 0.2) is 0 Å². The monoisotopic (exact) mass is 336 g/mol. The van der Waals surface area contributed by atoms with Gasteiger partial charge in [0.1, 0.15) is 6.04 Å². The third kappa shape index (κ3) is 2.32. The second-order valence-electron chi connectivity index (χ2n) is 5.62. The molecule has 2 heterocycles. The average molecular weight is 337 g/mol. The summed E-state index contributed by atoms with van der Waals surface area (Å²) in [6.07, 6.45) is 3.30. The third-order valence-electron chi connectivity index (χ3n) is 4.17. The summed E-state index contributed by atoms with van der Waals surface area (Å²) < 4.78 is 1.87. The number of hydrogen-bond donors (Lipinski definition) is 1. The number of nitrogens with zero attached hydrogens (tertiary/aromatic N) is 1. The number of aromatic nitrogens is 1. The van der Waals surface area contributed by atoms with Crippen molar-refractivity contribution in [1.29, 1.82) is 0 Å². The first-order valence-electron chi connectivity index (χ1n) is 7.52. The van der Waals surface area contributed by atoms with Crippen LogP contribution in [0.1, 0.15) is 11.6 Å². The van der Waals surface area contributed by atoms with Crippen LogP contribution in [0.4, 0.5) is 0 Å². The van der Waals surface area contributed by atoms with Gasteiger partial charge in [0.25, 0.3) is 11.8 Å². The lowest BCUT2D eigenvalue weighted by Crippen LogP contribution is -2.40. The fourth-order valence-corrected chi connectivity index (χ4v) is 3.36. The molecule has 1 unspecified atom stereocenters. The quantitative estimate of drug-likeness (QED) is 0.727. The summed E-state index contributed by atoms with van der Waals surface area (Å²) in [7, 11) is 0. The molecule has 0 saturated carbocycles. The van der Waals surface area contributed by atoms with E-state index in [4.69, 9.17) is 11.6 Å². The predicted octanol–water partition coefficient (Wildman–Crippen LogP) is 3.58. The first-order valence-corrected chi connectivity index (χ1v) is 7.90. The highest BCUT2D eigenvalue weighted by molar-refractivity contribution is 6.33. The molecule has 1 aliphatic heterocycles. The molecule has 4 nitrogen and oxygen atoms in total. The number of para-hydroxylation sites is 1. The Kier molecular flexibility index (Phi) is 3.47. The van der Waals surface area contributed by atoms with Gasteiger partial charge < -0.3 is 4.57 Å². The summed E-state index contributed by atoms with van der Waals surface area (Å²) in [4.78, 5) is 24.5. The molecule has 24 heavy (non-hydrogen) atoms. The van der Waals surface area contributed by atoms with Gasteiger partial charge in [-0.25, -0.2) is 0 Å². The maximum Gasteiger partial charge on any atom is 0.254 e. The third-order valence-corrected chi connectivity index (χ3v) is 4.50. The van der Waals surface area contributed by atoms with E-state index in [-0.39, 0.29) is 5.91 Å². The molecule has 5 heteroatoms. The molecule has 3 aromatic rings. The number of nitrogens with one attached hydrogen (secondary N) is 1. The normalized spacial score (nSPS) is 17.7. The molecule has 0 bridgehead atoms. The van der Waals surface area contributed by atoms with Crippen LogP contribution in [0.15, 0.2) is 66.9 Å². The van der Waals surface area contributed by atoms with Gasteiger partial charge >= 0.3 is 0 Å². The van der Waals surface area contributed by atoms with E-state index >= 15 is 0 Å². The van der Waals surface area contributed by atoms with Crippen LogP contribution in [-0.4, -0.2) is 16.4 Å². The van der Waals surface area contributed by atoms with E-state index in [9.17, 15) is 9.59 Å². The van der Waals surface area contributed by atoms with Gasteiger partial charge in [0.2, 0.25) is 0 Å². The highest BCUT2D eigenvalue weighted by Crippen LogP contribution is 2.36. The van der Waals surface area contributed by atoms with Crippen LogP contribution < -0.4 is 5.32 Å². The zero-order valence-electron chi connectivity index (χ0n) is 12.6. The van der Waals surface area contributed by atoms with Crippen molar-refractivity contribution in [2.75, 3.05) is 0 Å². The minimum Gasteiger partial charge on any atom is -0.331 e. The van der Waals surface area contributed by atoms with Crippen molar-refractivity contribution in [3.8, 4) is 0 Å². The lowest BCUT2D eigenvalue weighted by atomic mass is 9.94. The SMILES string of the molecule is O=C1C=C(c2ccccc2Cl)C(n2ccc3ccccc32)C(=O)N1. The summed E-state index contributed by atoms with van der Waals surface area (Å²) in [5.74, 6) is -0.790. The van der Waals surface area contributed by atoms with E-state index in [2.05, 4.69) is 5.32 Å². The van der Waals surface area contributed by atoms with Crippen molar-refractivity contribution < 1.29 is 9.59 Å². The minimum atomic E-state index is -0.650. The number of amides is 2. The highest BCUT2D eigenvalue weighted by atomic mass is 35.5. The second-order valence-corrected chi connectivity index (χ2v) is 6.02. The summed E-state index contributed by atoms with van der Waals surface area (Å²) >= 11 is 6.30. The van der Waals surface area contributed by atoms with Crippen molar-refractivity contribution in [3.63, 3.8) is 0 Å². The molecule has 4 rings (SSSR count). The molecule has 0 saturated heterocycles. The predicted molar refractivity (Wildman–Crippen MR) is 93.6 cm³/mol.